The van der Waals surface area contributed by atoms with E-state index < -0.39 is 0 Å². The molecular weight excluding hydrogens is 713 g/mol. The van der Waals surface area contributed by atoms with Crippen LogP contribution in [0.2, 0.25) is 0 Å². The van der Waals surface area contributed by atoms with Crippen LogP contribution in [-0.4, -0.2) is 20.6 Å². The predicted molar refractivity (Wildman–Crippen MR) is 239 cm³/mol. The molecule has 1 aliphatic heterocycles. The fraction of sp³-hybridized carbons (Fsp3) is 0.0385. The number of rotatable bonds is 5. The first-order chi connectivity index (χ1) is 28.3. The topological polar surface area (TPSA) is 34.0 Å². The van der Waals surface area contributed by atoms with E-state index in [1.165, 1.54) is 58.7 Å². The minimum Gasteiger partial charge on any atom is -0.307 e. The van der Waals surface area contributed by atoms with Crippen molar-refractivity contribution in [3.8, 4) is 39.3 Å². The summed E-state index contributed by atoms with van der Waals surface area (Å²) in [6, 6.07) is 61.1. The molecular formula is C52H34N4S. The van der Waals surface area contributed by atoms with Gasteiger partial charge in [-0.3, -0.25) is 0 Å². The maximum atomic E-state index is 5.62. The molecule has 2 aliphatic rings. The third-order valence-corrected chi connectivity index (χ3v) is 12.9. The Morgan fingerprint density at radius 2 is 1.19 bits per heavy atom. The molecule has 10 aromatic rings. The lowest BCUT2D eigenvalue weighted by atomic mass is 9.91. The van der Waals surface area contributed by atoms with Crippen molar-refractivity contribution in [1.29, 1.82) is 0 Å². The van der Waals surface area contributed by atoms with E-state index >= 15 is 0 Å². The Bertz CT molecular complexity index is 3250. The molecule has 0 spiro atoms. The second-order valence-electron chi connectivity index (χ2n) is 14.9. The molecule has 0 saturated heterocycles. The van der Waals surface area contributed by atoms with Gasteiger partial charge in [0.1, 0.15) is 0 Å². The van der Waals surface area contributed by atoms with Gasteiger partial charge >= 0.3 is 0 Å². The Labute approximate surface area is 334 Å². The second-order valence-corrected chi connectivity index (χ2v) is 16.0. The molecule has 57 heavy (non-hydrogen) atoms. The maximum Gasteiger partial charge on any atom is 0.231 e. The van der Waals surface area contributed by atoms with Crippen molar-refractivity contribution in [3.05, 3.63) is 200 Å². The first kappa shape index (κ1) is 32.2. The summed E-state index contributed by atoms with van der Waals surface area (Å²) in [4.78, 5) is 13.6. The van der Waals surface area contributed by atoms with E-state index in [9.17, 15) is 0 Å². The van der Waals surface area contributed by atoms with Crippen LogP contribution in [0.4, 0.5) is 11.6 Å². The van der Waals surface area contributed by atoms with Crippen LogP contribution in [0.25, 0.3) is 81.3 Å². The number of hydrogen-bond acceptors (Lipinski definition) is 4. The fourth-order valence-electron chi connectivity index (χ4n) is 9.22. The molecule has 3 aromatic heterocycles. The summed E-state index contributed by atoms with van der Waals surface area (Å²) < 4.78 is 4.97. The lowest BCUT2D eigenvalue weighted by molar-refractivity contribution is 0.730. The molecule has 4 nitrogen and oxygen atoms in total. The molecule has 268 valence electrons. The van der Waals surface area contributed by atoms with Crippen molar-refractivity contribution in [3.63, 3.8) is 0 Å². The predicted octanol–water partition coefficient (Wildman–Crippen LogP) is 13.7. The monoisotopic (exact) mass is 746 g/mol. The molecule has 2 atom stereocenters. The third kappa shape index (κ3) is 4.99. The fourth-order valence-corrected chi connectivity index (χ4v) is 10.3. The van der Waals surface area contributed by atoms with Gasteiger partial charge < -0.3 is 9.47 Å². The third-order valence-electron chi connectivity index (χ3n) is 11.8. The minimum absolute atomic E-state index is 0.000776. The second kappa shape index (κ2) is 12.7. The average Bonchev–Trinajstić information content (AvgIpc) is 3.95. The van der Waals surface area contributed by atoms with Gasteiger partial charge in [-0.2, -0.15) is 0 Å². The van der Waals surface area contributed by atoms with Crippen molar-refractivity contribution < 1.29 is 0 Å². The number of anilines is 2. The van der Waals surface area contributed by atoms with Crippen LogP contribution in [0.3, 0.4) is 0 Å². The van der Waals surface area contributed by atoms with Gasteiger partial charge in [0.05, 0.1) is 34.2 Å². The highest BCUT2D eigenvalue weighted by atomic mass is 32.1. The van der Waals surface area contributed by atoms with Gasteiger partial charge in [-0.05, 0) is 53.1 Å². The summed E-state index contributed by atoms with van der Waals surface area (Å²) in [5.41, 5.74) is 12.2. The molecule has 0 bridgehead atoms. The van der Waals surface area contributed by atoms with Crippen molar-refractivity contribution in [2.45, 2.75) is 12.0 Å². The van der Waals surface area contributed by atoms with Crippen LogP contribution in [0.15, 0.2) is 194 Å². The Morgan fingerprint density at radius 3 is 2.05 bits per heavy atom. The van der Waals surface area contributed by atoms with Crippen LogP contribution in [0.5, 0.6) is 0 Å². The van der Waals surface area contributed by atoms with Crippen molar-refractivity contribution in [1.82, 2.24) is 14.5 Å². The number of hydrogen-bond donors (Lipinski definition) is 0. The summed E-state index contributed by atoms with van der Waals surface area (Å²) >= 11 is 1.84. The molecule has 1 aliphatic carbocycles. The van der Waals surface area contributed by atoms with Crippen molar-refractivity contribution >= 4 is 65.0 Å². The molecule has 12 rings (SSSR count). The first-order valence-corrected chi connectivity index (χ1v) is 20.3. The van der Waals surface area contributed by atoms with Gasteiger partial charge in [-0.25, -0.2) is 9.97 Å². The van der Waals surface area contributed by atoms with E-state index in [1.54, 1.807) is 0 Å². The van der Waals surface area contributed by atoms with Crippen LogP contribution >= 0.6 is 11.3 Å². The maximum absolute atomic E-state index is 5.62. The summed E-state index contributed by atoms with van der Waals surface area (Å²) in [7, 11) is 0. The van der Waals surface area contributed by atoms with E-state index in [4.69, 9.17) is 9.97 Å². The van der Waals surface area contributed by atoms with Crippen LogP contribution in [-0.2, 0) is 0 Å². The van der Waals surface area contributed by atoms with E-state index in [0.29, 0.717) is 5.95 Å². The Balaban J connectivity index is 1.15. The van der Waals surface area contributed by atoms with E-state index in [2.05, 4.69) is 204 Å². The summed E-state index contributed by atoms with van der Waals surface area (Å²) in [6.07, 6.45) is 9.03. The number of thiophene rings is 1. The Morgan fingerprint density at radius 1 is 0.509 bits per heavy atom. The molecule has 0 N–H and O–H groups in total. The smallest absolute Gasteiger partial charge is 0.231 e. The van der Waals surface area contributed by atoms with E-state index in [1.807, 2.05) is 11.3 Å². The minimum atomic E-state index is -0.000776. The SMILES string of the molecule is C1=CC2c3ccc4c5ccccc5n(-c5ccccc5)c4c3N(c3nc(-c4ccc(-c5ccccc5)cc4)cc(-c4cccc5sc6ccccc6c45)n3)C2C=C1. The highest BCUT2D eigenvalue weighted by Crippen LogP contribution is 2.52. The van der Waals surface area contributed by atoms with Crippen LogP contribution < -0.4 is 4.90 Å². The lowest BCUT2D eigenvalue weighted by Gasteiger charge is -2.28. The van der Waals surface area contributed by atoms with Crippen molar-refractivity contribution in [2.75, 3.05) is 4.90 Å². The highest BCUT2D eigenvalue weighted by molar-refractivity contribution is 7.25. The molecule has 0 fully saturated rings. The number of aromatic nitrogens is 3. The van der Waals surface area contributed by atoms with Gasteiger partial charge in [0.25, 0.3) is 0 Å². The normalized spacial score (nSPS) is 15.9. The zero-order chi connectivity index (χ0) is 37.5. The van der Waals surface area contributed by atoms with Crippen LogP contribution in [0, 0.1) is 0 Å². The quantitative estimate of drug-likeness (QED) is 0.176. The number of allylic oxidation sites excluding steroid dienone is 2. The van der Waals surface area contributed by atoms with Gasteiger partial charge in [0, 0.05) is 53.7 Å². The van der Waals surface area contributed by atoms with Gasteiger partial charge in [-0.15, -0.1) is 11.3 Å². The number of nitrogens with zero attached hydrogens (tertiary/aromatic N) is 4. The first-order valence-electron chi connectivity index (χ1n) is 19.5. The van der Waals surface area contributed by atoms with Crippen LogP contribution in [0.1, 0.15) is 11.5 Å². The molecule has 0 saturated carbocycles. The standard InChI is InChI=1S/C52H34N4S/c1-3-14-33(15-4-1)34-26-28-35(29-27-34)43-32-44(41-21-13-25-48-49(41)42-20-9-12-24-47(42)57-48)54-52(53-43)56-46-23-11-8-19-38(46)40-31-30-39-37-18-7-10-22-45(37)55(50(39)51(40)56)36-16-5-2-6-17-36/h1-32,38,46H. The zero-order valence-electron chi connectivity index (χ0n) is 30.8. The molecule has 7 aromatic carbocycles. The largest absolute Gasteiger partial charge is 0.307 e. The van der Waals surface area contributed by atoms with Gasteiger partial charge in [-0.1, -0.05) is 158 Å². The Hall–Kier alpha value is -7.08. The molecule has 2 unspecified atom stereocenters. The van der Waals surface area contributed by atoms with Gasteiger partial charge in [0.15, 0.2) is 0 Å². The highest BCUT2D eigenvalue weighted by Gasteiger charge is 2.41. The summed E-state index contributed by atoms with van der Waals surface area (Å²) in [5.74, 6) is 0.832. The number of fused-ring (bicyclic) bond motifs is 10. The number of para-hydroxylation sites is 2. The zero-order valence-corrected chi connectivity index (χ0v) is 31.6. The van der Waals surface area contributed by atoms with E-state index in [-0.39, 0.29) is 12.0 Å². The number of benzene rings is 7. The summed E-state index contributed by atoms with van der Waals surface area (Å²) in [6.45, 7) is 0. The van der Waals surface area contributed by atoms with Crippen molar-refractivity contribution in [2.24, 2.45) is 0 Å². The molecule has 0 radical (unpaired) electrons. The van der Waals surface area contributed by atoms with E-state index in [0.717, 1.165) is 33.9 Å². The lowest BCUT2D eigenvalue weighted by Crippen LogP contribution is -2.30. The summed E-state index contributed by atoms with van der Waals surface area (Å²) in [5, 5.41) is 4.93. The van der Waals surface area contributed by atoms with Gasteiger partial charge in [0.2, 0.25) is 5.95 Å². The molecule has 5 heteroatoms. The molecule has 4 heterocycles. The molecule has 0 amide bonds. The Kier molecular flexibility index (Phi) is 7.19. The average molecular weight is 747 g/mol.